The Bertz CT molecular complexity index is 265. The lowest BCUT2D eigenvalue weighted by molar-refractivity contribution is -0.149. The lowest BCUT2D eigenvalue weighted by Crippen LogP contribution is -2.44. The molecule has 0 aromatic heterocycles. The molecule has 1 saturated carbocycles. The van der Waals surface area contributed by atoms with E-state index in [1.807, 2.05) is 13.8 Å². The Kier molecular flexibility index (Phi) is 4.43. The van der Waals surface area contributed by atoms with E-state index in [0.717, 1.165) is 24.9 Å². The van der Waals surface area contributed by atoms with E-state index in [-0.39, 0.29) is 12.1 Å². The first-order valence-corrected chi connectivity index (χ1v) is 7.07. The minimum absolute atomic E-state index is 0.00900. The zero-order chi connectivity index (χ0) is 12.3. The normalized spacial score (nSPS) is 30.1. The van der Waals surface area contributed by atoms with Crippen molar-refractivity contribution in [2.75, 3.05) is 19.6 Å². The topological polar surface area (TPSA) is 29.5 Å². The third-order valence-corrected chi connectivity index (χ3v) is 4.10. The molecule has 0 spiro atoms. The van der Waals surface area contributed by atoms with Gasteiger partial charge in [-0.25, -0.2) is 0 Å². The third-order valence-electron chi connectivity index (χ3n) is 4.10. The summed E-state index contributed by atoms with van der Waals surface area (Å²) in [5.74, 6) is 1.71. The van der Waals surface area contributed by atoms with Gasteiger partial charge in [0.05, 0.1) is 12.6 Å². The first-order valence-electron chi connectivity index (χ1n) is 7.07. The molecular weight excluding hydrogens is 214 g/mol. The first kappa shape index (κ1) is 12.9. The fraction of sp³-hybridized carbons (Fsp3) is 0.929. The lowest BCUT2D eigenvalue weighted by atomic mass is 9.75. The second kappa shape index (κ2) is 5.85. The summed E-state index contributed by atoms with van der Waals surface area (Å²) in [6.07, 6.45) is 6.85. The summed E-state index contributed by atoms with van der Waals surface area (Å²) in [4.78, 5) is 13.9. The van der Waals surface area contributed by atoms with Gasteiger partial charge in [-0.05, 0) is 45.1 Å². The van der Waals surface area contributed by atoms with E-state index in [9.17, 15) is 4.79 Å². The SMILES string of the molecule is CC(C)OC(=O)CN1CCC2CCCCC2C1. The fourth-order valence-corrected chi connectivity index (χ4v) is 3.30. The molecule has 1 saturated heterocycles. The second-order valence-corrected chi connectivity index (χ2v) is 5.87. The van der Waals surface area contributed by atoms with Crippen molar-refractivity contribution in [3.8, 4) is 0 Å². The number of fused-ring (bicyclic) bond motifs is 1. The zero-order valence-electron chi connectivity index (χ0n) is 11.2. The maximum atomic E-state index is 11.6. The standard InChI is InChI=1S/C14H25NO2/c1-11(2)17-14(16)10-15-8-7-12-5-3-4-6-13(12)9-15/h11-13H,3-10H2,1-2H3. The predicted molar refractivity (Wildman–Crippen MR) is 67.7 cm³/mol. The Labute approximate surface area is 105 Å². The van der Waals surface area contributed by atoms with E-state index in [0.29, 0.717) is 6.54 Å². The van der Waals surface area contributed by atoms with Gasteiger partial charge in [0.25, 0.3) is 0 Å². The first-order chi connectivity index (χ1) is 8.15. The van der Waals surface area contributed by atoms with Gasteiger partial charge in [0, 0.05) is 6.54 Å². The molecule has 98 valence electrons. The van der Waals surface area contributed by atoms with E-state index in [4.69, 9.17) is 4.74 Å². The summed E-state index contributed by atoms with van der Waals surface area (Å²) in [5.41, 5.74) is 0. The van der Waals surface area contributed by atoms with Crippen LogP contribution < -0.4 is 0 Å². The van der Waals surface area contributed by atoms with Crippen LogP contribution in [0.15, 0.2) is 0 Å². The molecule has 0 aromatic carbocycles. The Morgan fingerprint density at radius 1 is 1.24 bits per heavy atom. The van der Waals surface area contributed by atoms with E-state index in [2.05, 4.69) is 4.90 Å². The molecule has 3 nitrogen and oxygen atoms in total. The summed E-state index contributed by atoms with van der Waals surface area (Å²) in [5, 5.41) is 0. The highest BCUT2D eigenvalue weighted by molar-refractivity contribution is 5.71. The molecule has 2 fully saturated rings. The monoisotopic (exact) mass is 239 g/mol. The number of nitrogens with zero attached hydrogens (tertiary/aromatic N) is 1. The predicted octanol–water partition coefficient (Wildman–Crippen LogP) is 2.45. The number of likely N-dealkylation sites (tertiary alicyclic amines) is 1. The number of rotatable bonds is 3. The molecular formula is C14H25NO2. The molecule has 2 atom stereocenters. The van der Waals surface area contributed by atoms with Gasteiger partial charge < -0.3 is 4.74 Å². The molecule has 0 amide bonds. The zero-order valence-corrected chi connectivity index (χ0v) is 11.2. The summed E-state index contributed by atoms with van der Waals surface area (Å²) in [6, 6.07) is 0. The molecule has 2 unspecified atom stereocenters. The molecule has 2 rings (SSSR count). The average molecular weight is 239 g/mol. The van der Waals surface area contributed by atoms with Gasteiger partial charge in [0.15, 0.2) is 0 Å². The van der Waals surface area contributed by atoms with E-state index in [1.165, 1.54) is 32.1 Å². The number of hydrogen-bond acceptors (Lipinski definition) is 3. The lowest BCUT2D eigenvalue weighted by Gasteiger charge is -2.40. The molecule has 1 aliphatic heterocycles. The number of carbonyl (C=O) groups excluding carboxylic acids is 1. The Morgan fingerprint density at radius 2 is 1.94 bits per heavy atom. The van der Waals surface area contributed by atoms with Crippen LogP contribution in [0.2, 0.25) is 0 Å². The third kappa shape index (κ3) is 3.70. The van der Waals surface area contributed by atoms with Gasteiger partial charge >= 0.3 is 5.97 Å². The van der Waals surface area contributed by atoms with Crippen molar-refractivity contribution < 1.29 is 9.53 Å². The second-order valence-electron chi connectivity index (χ2n) is 5.87. The van der Waals surface area contributed by atoms with E-state index >= 15 is 0 Å². The maximum absolute atomic E-state index is 11.6. The van der Waals surface area contributed by atoms with Crippen LogP contribution >= 0.6 is 0 Å². The van der Waals surface area contributed by atoms with Crippen LogP contribution in [-0.2, 0) is 9.53 Å². The average Bonchev–Trinajstić information content (AvgIpc) is 2.27. The van der Waals surface area contributed by atoms with Gasteiger partial charge in [-0.1, -0.05) is 19.3 Å². The smallest absolute Gasteiger partial charge is 0.320 e. The molecule has 0 bridgehead atoms. The minimum Gasteiger partial charge on any atom is -0.462 e. The molecule has 2 aliphatic rings. The van der Waals surface area contributed by atoms with E-state index in [1.54, 1.807) is 0 Å². The molecule has 1 aliphatic carbocycles. The minimum atomic E-state index is -0.0609. The Morgan fingerprint density at radius 3 is 2.65 bits per heavy atom. The van der Waals surface area contributed by atoms with Crippen molar-refractivity contribution >= 4 is 5.97 Å². The highest BCUT2D eigenvalue weighted by Gasteiger charge is 2.31. The van der Waals surface area contributed by atoms with Crippen LogP contribution in [0.1, 0.15) is 46.0 Å². The summed E-state index contributed by atoms with van der Waals surface area (Å²) >= 11 is 0. The Hall–Kier alpha value is -0.570. The van der Waals surface area contributed by atoms with Crippen molar-refractivity contribution in [3.63, 3.8) is 0 Å². The van der Waals surface area contributed by atoms with Crippen molar-refractivity contribution in [1.82, 2.24) is 4.90 Å². The number of esters is 1. The number of ether oxygens (including phenoxy) is 1. The van der Waals surface area contributed by atoms with Crippen molar-refractivity contribution in [2.24, 2.45) is 11.8 Å². The fourth-order valence-electron chi connectivity index (χ4n) is 3.30. The van der Waals surface area contributed by atoms with Crippen LogP contribution in [0.25, 0.3) is 0 Å². The Balaban J connectivity index is 1.77. The van der Waals surface area contributed by atoms with Gasteiger partial charge in [-0.3, -0.25) is 9.69 Å². The van der Waals surface area contributed by atoms with Gasteiger partial charge in [0.2, 0.25) is 0 Å². The van der Waals surface area contributed by atoms with Crippen molar-refractivity contribution in [2.45, 2.75) is 52.1 Å². The van der Waals surface area contributed by atoms with Crippen LogP contribution in [-0.4, -0.2) is 36.6 Å². The van der Waals surface area contributed by atoms with Crippen molar-refractivity contribution in [3.05, 3.63) is 0 Å². The maximum Gasteiger partial charge on any atom is 0.320 e. The van der Waals surface area contributed by atoms with Crippen LogP contribution in [0.5, 0.6) is 0 Å². The quantitative estimate of drug-likeness (QED) is 0.709. The molecule has 17 heavy (non-hydrogen) atoms. The highest BCUT2D eigenvalue weighted by Crippen LogP contribution is 2.35. The molecule has 3 heteroatoms. The summed E-state index contributed by atoms with van der Waals surface area (Å²) in [6.45, 7) is 6.49. The van der Waals surface area contributed by atoms with Crippen LogP contribution in [0.3, 0.4) is 0 Å². The molecule has 0 N–H and O–H groups in total. The highest BCUT2D eigenvalue weighted by atomic mass is 16.5. The van der Waals surface area contributed by atoms with Gasteiger partial charge in [-0.2, -0.15) is 0 Å². The number of hydrogen-bond donors (Lipinski definition) is 0. The largest absolute Gasteiger partial charge is 0.462 e. The summed E-state index contributed by atoms with van der Waals surface area (Å²) < 4.78 is 5.21. The molecule has 0 radical (unpaired) electrons. The number of carbonyl (C=O) groups is 1. The van der Waals surface area contributed by atoms with E-state index < -0.39 is 0 Å². The van der Waals surface area contributed by atoms with Crippen LogP contribution in [0, 0.1) is 11.8 Å². The van der Waals surface area contributed by atoms with Crippen molar-refractivity contribution in [1.29, 1.82) is 0 Å². The van der Waals surface area contributed by atoms with Gasteiger partial charge in [0.1, 0.15) is 0 Å². The number of piperidine rings is 1. The van der Waals surface area contributed by atoms with Crippen LogP contribution in [0.4, 0.5) is 0 Å². The molecule has 1 heterocycles. The summed E-state index contributed by atoms with van der Waals surface area (Å²) in [7, 11) is 0. The molecule has 0 aromatic rings. The van der Waals surface area contributed by atoms with Gasteiger partial charge in [-0.15, -0.1) is 0 Å².